The smallest absolute Gasteiger partial charge is 0.297 e. The number of hydrogen-bond donors (Lipinski definition) is 1. The highest BCUT2D eigenvalue weighted by Crippen LogP contribution is 2.37. The highest BCUT2D eigenvalue weighted by molar-refractivity contribution is 5.27. The molecule has 0 atom stereocenters. The van der Waals surface area contributed by atoms with Crippen molar-refractivity contribution in [3.8, 4) is 0 Å². The van der Waals surface area contributed by atoms with Crippen molar-refractivity contribution in [2.75, 3.05) is 18.5 Å². The number of nitrogens with zero attached hydrogens (tertiary/aromatic N) is 2. The zero-order chi connectivity index (χ0) is 14.6. The van der Waals surface area contributed by atoms with Crippen LogP contribution in [0.25, 0.3) is 0 Å². The van der Waals surface area contributed by atoms with Crippen LogP contribution in [0, 0.1) is 5.41 Å². The van der Waals surface area contributed by atoms with Gasteiger partial charge < -0.3 is 14.6 Å². The Morgan fingerprint density at radius 2 is 2.10 bits per heavy atom. The topological polar surface area (TPSA) is 41.3 Å². The highest BCUT2D eigenvalue weighted by Gasteiger charge is 2.30. The van der Waals surface area contributed by atoms with Crippen molar-refractivity contribution < 1.29 is 4.42 Å². The van der Waals surface area contributed by atoms with Gasteiger partial charge in [0.1, 0.15) is 6.26 Å². The Hall–Kier alpha value is -1.03. The lowest BCUT2D eigenvalue weighted by Crippen LogP contribution is -2.37. The maximum atomic E-state index is 5.64. The van der Waals surface area contributed by atoms with Crippen LogP contribution in [0.3, 0.4) is 0 Å². The van der Waals surface area contributed by atoms with E-state index in [4.69, 9.17) is 4.42 Å². The van der Waals surface area contributed by atoms with Gasteiger partial charge in [-0.15, -0.1) is 0 Å². The van der Waals surface area contributed by atoms with E-state index in [2.05, 4.69) is 43.0 Å². The molecule has 1 aliphatic carbocycles. The third-order valence-corrected chi connectivity index (χ3v) is 4.43. The average Bonchev–Trinajstić information content (AvgIpc) is 2.87. The molecule has 1 aromatic rings. The van der Waals surface area contributed by atoms with Crippen LogP contribution in [0.15, 0.2) is 10.7 Å². The Bertz CT molecular complexity index is 404. The lowest BCUT2D eigenvalue weighted by molar-refractivity contribution is 0.220. The molecule has 0 spiro atoms. The minimum atomic E-state index is 0.503. The maximum Gasteiger partial charge on any atom is 0.297 e. The van der Waals surface area contributed by atoms with Gasteiger partial charge in [0.15, 0.2) is 0 Å². The molecule has 0 aromatic carbocycles. The average molecular weight is 279 g/mol. The molecule has 2 rings (SSSR count). The number of rotatable bonds is 6. The van der Waals surface area contributed by atoms with Crippen LogP contribution in [-0.4, -0.2) is 24.6 Å². The summed E-state index contributed by atoms with van der Waals surface area (Å²) in [6.45, 7) is 8.72. The van der Waals surface area contributed by atoms with Crippen LogP contribution in [0.1, 0.15) is 58.6 Å². The van der Waals surface area contributed by atoms with E-state index in [9.17, 15) is 0 Å². The molecule has 1 aromatic heterocycles. The Morgan fingerprint density at radius 3 is 2.75 bits per heavy atom. The summed E-state index contributed by atoms with van der Waals surface area (Å²) < 4.78 is 5.64. The second-order valence-electron chi connectivity index (χ2n) is 6.80. The van der Waals surface area contributed by atoms with E-state index in [-0.39, 0.29) is 0 Å². The molecular weight excluding hydrogens is 250 g/mol. The zero-order valence-corrected chi connectivity index (χ0v) is 13.4. The van der Waals surface area contributed by atoms with Crippen molar-refractivity contribution in [1.82, 2.24) is 10.3 Å². The molecule has 114 valence electrons. The Kier molecular flexibility index (Phi) is 5.08. The lowest BCUT2D eigenvalue weighted by atomic mass is 9.75. The summed E-state index contributed by atoms with van der Waals surface area (Å²) in [5.41, 5.74) is 1.50. The molecule has 1 heterocycles. The van der Waals surface area contributed by atoms with Gasteiger partial charge in [-0.05, 0) is 44.1 Å². The third-order valence-electron chi connectivity index (χ3n) is 4.43. The summed E-state index contributed by atoms with van der Waals surface area (Å²) in [5.74, 6) is 0. The van der Waals surface area contributed by atoms with E-state index in [1.807, 2.05) is 0 Å². The van der Waals surface area contributed by atoms with Crippen molar-refractivity contribution >= 4 is 6.01 Å². The standard InChI is InChI=1S/C16H29N3O/c1-5-10-17-11-13-12-20-15(18-13)19(4)14-6-8-16(2,3)9-7-14/h12,14,17H,5-11H2,1-4H3. The number of hydrogen-bond acceptors (Lipinski definition) is 4. The summed E-state index contributed by atoms with van der Waals surface area (Å²) in [6, 6.07) is 1.33. The summed E-state index contributed by atoms with van der Waals surface area (Å²) in [6.07, 6.45) is 7.95. The van der Waals surface area contributed by atoms with Crippen molar-refractivity contribution in [2.45, 2.75) is 65.5 Å². The number of aromatic nitrogens is 1. The molecule has 20 heavy (non-hydrogen) atoms. The SMILES string of the molecule is CCCNCc1coc(N(C)C2CCC(C)(C)CC2)n1. The van der Waals surface area contributed by atoms with Crippen LogP contribution >= 0.6 is 0 Å². The molecule has 0 saturated heterocycles. The van der Waals surface area contributed by atoms with Gasteiger partial charge in [0.25, 0.3) is 6.01 Å². The number of nitrogens with one attached hydrogen (secondary N) is 1. The van der Waals surface area contributed by atoms with Crippen LogP contribution in [0.4, 0.5) is 6.01 Å². The second kappa shape index (κ2) is 6.61. The predicted molar refractivity (Wildman–Crippen MR) is 82.9 cm³/mol. The normalized spacial score (nSPS) is 19.2. The van der Waals surface area contributed by atoms with Gasteiger partial charge in [-0.3, -0.25) is 0 Å². The molecule has 4 nitrogen and oxygen atoms in total. The van der Waals surface area contributed by atoms with Crippen molar-refractivity contribution in [1.29, 1.82) is 0 Å². The van der Waals surface area contributed by atoms with E-state index in [1.54, 1.807) is 6.26 Å². The number of oxazole rings is 1. The Morgan fingerprint density at radius 1 is 1.40 bits per heavy atom. The molecule has 0 aliphatic heterocycles. The van der Waals surface area contributed by atoms with Gasteiger partial charge >= 0.3 is 0 Å². The van der Waals surface area contributed by atoms with Crippen LogP contribution < -0.4 is 10.2 Å². The van der Waals surface area contributed by atoms with Crippen molar-refractivity contribution in [2.24, 2.45) is 5.41 Å². The molecular formula is C16H29N3O. The van der Waals surface area contributed by atoms with Gasteiger partial charge in [-0.1, -0.05) is 20.8 Å². The largest absolute Gasteiger partial charge is 0.432 e. The van der Waals surface area contributed by atoms with E-state index in [0.717, 1.165) is 31.2 Å². The van der Waals surface area contributed by atoms with Gasteiger partial charge in [0.05, 0.1) is 5.69 Å². The Balaban J connectivity index is 1.88. The van der Waals surface area contributed by atoms with Gasteiger partial charge in [0.2, 0.25) is 0 Å². The molecule has 0 unspecified atom stereocenters. The monoisotopic (exact) mass is 279 g/mol. The summed E-state index contributed by atoms with van der Waals surface area (Å²) >= 11 is 0. The van der Waals surface area contributed by atoms with Gasteiger partial charge in [-0.2, -0.15) is 4.98 Å². The minimum absolute atomic E-state index is 0.503. The summed E-state index contributed by atoms with van der Waals surface area (Å²) in [5, 5.41) is 3.35. The van der Waals surface area contributed by atoms with Crippen molar-refractivity contribution in [3.05, 3.63) is 12.0 Å². The van der Waals surface area contributed by atoms with Crippen LogP contribution in [0.5, 0.6) is 0 Å². The van der Waals surface area contributed by atoms with Gasteiger partial charge in [0, 0.05) is 19.6 Å². The summed E-state index contributed by atoms with van der Waals surface area (Å²) in [7, 11) is 2.11. The fourth-order valence-corrected chi connectivity index (χ4v) is 2.86. The summed E-state index contributed by atoms with van der Waals surface area (Å²) in [4.78, 5) is 6.81. The van der Waals surface area contributed by atoms with E-state index < -0.39 is 0 Å². The first kappa shape index (κ1) is 15.4. The molecule has 0 radical (unpaired) electrons. The maximum absolute atomic E-state index is 5.64. The minimum Gasteiger partial charge on any atom is -0.432 e. The predicted octanol–water partition coefficient (Wildman–Crippen LogP) is 3.58. The fraction of sp³-hybridized carbons (Fsp3) is 0.812. The van der Waals surface area contributed by atoms with E-state index >= 15 is 0 Å². The lowest BCUT2D eigenvalue weighted by Gasteiger charge is -2.37. The first-order valence-corrected chi connectivity index (χ1v) is 7.90. The Labute approximate surface area is 122 Å². The molecule has 0 amide bonds. The molecule has 1 saturated carbocycles. The fourth-order valence-electron chi connectivity index (χ4n) is 2.86. The molecule has 4 heteroatoms. The number of anilines is 1. The highest BCUT2D eigenvalue weighted by atomic mass is 16.4. The first-order chi connectivity index (χ1) is 9.52. The molecule has 0 bridgehead atoms. The first-order valence-electron chi connectivity index (χ1n) is 7.90. The molecule has 1 aliphatic rings. The van der Waals surface area contributed by atoms with E-state index in [1.165, 1.54) is 25.7 Å². The van der Waals surface area contributed by atoms with Crippen LogP contribution in [0.2, 0.25) is 0 Å². The zero-order valence-electron chi connectivity index (χ0n) is 13.4. The van der Waals surface area contributed by atoms with Crippen LogP contribution in [-0.2, 0) is 6.54 Å². The quantitative estimate of drug-likeness (QED) is 0.808. The van der Waals surface area contributed by atoms with Gasteiger partial charge in [-0.25, -0.2) is 0 Å². The van der Waals surface area contributed by atoms with E-state index in [0.29, 0.717) is 11.5 Å². The second-order valence-corrected chi connectivity index (χ2v) is 6.80. The molecule has 1 N–H and O–H groups in total. The molecule has 1 fully saturated rings. The van der Waals surface area contributed by atoms with Crippen molar-refractivity contribution in [3.63, 3.8) is 0 Å². The third kappa shape index (κ3) is 3.98.